The predicted octanol–water partition coefficient (Wildman–Crippen LogP) is 1.66. The van der Waals surface area contributed by atoms with Crippen molar-refractivity contribution in [1.29, 1.82) is 0 Å². The summed E-state index contributed by atoms with van der Waals surface area (Å²) in [6, 6.07) is 1.63. The average molecular weight is 279 g/mol. The molecule has 0 spiro atoms. The van der Waals surface area contributed by atoms with Crippen LogP contribution in [0.4, 0.5) is 5.69 Å². The Hall–Kier alpha value is -0.650. The summed E-state index contributed by atoms with van der Waals surface area (Å²) in [5.74, 6) is -0.141. The van der Waals surface area contributed by atoms with Crippen LogP contribution in [0.3, 0.4) is 0 Å². The third-order valence-electron chi connectivity index (χ3n) is 1.42. The van der Waals surface area contributed by atoms with Gasteiger partial charge in [0.2, 0.25) is 5.91 Å². The van der Waals surface area contributed by atoms with Gasteiger partial charge >= 0.3 is 0 Å². The monoisotopic (exact) mass is 277 g/mol. The quantitative estimate of drug-likeness (QED) is 0.827. The number of rotatable bonds is 3. The van der Waals surface area contributed by atoms with E-state index in [2.05, 4.69) is 31.5 Å². The van der Waals surface area contributed by atoms with E-state index >= 15 is 0 Å². The number of anilines is 1. The van der Waals surface area contributed by atoms with Crippen molar-refractivity contribution in [2.24, 2.45) is 0 Å². The van der Waals surface area contributed by atoms with Crippen molar-refractivity contribution in [2.45, 2.75) is 0 Å². The number of carbonyl (C=O) groups excluding carboxylic acids is 1. The van der Waals surface area contributed by atoms with Crippen molar-refractivity contribution in [1.82, 2.24) is 10.3 Å². The van der Waals surface area contributed by atoms with Gasteiger partial charge in [0.15, 0.2) is 0 Å². The van der Waals surface area contributed by atoms with Crippen molar-refractivity contribution in [3.8, 4) is 0 Å². The van der Waals surface area contributed by atoms with Crippen LogP contribution < -0.4 is 10.6 Å². The predicted molar refractivity (Wildman–Crippen MR) is 59.5 cm³/mol. The molecule has 76 valence electrons. The molecule has 1 aromatic heterocycles. The lowest BCUT2D eigenvalue weighted by atomic mass is 10.4. The number of likely N-dealkylation sites (N-methyl/N-ethyl adjacent to an activating group) is 1. The molecule has 0 radical (unpaired) electrons. The lowest BCUT2D eigenvalue weighted by molar-refractivity contribution is -0.115. The summed E-state index contributed by atoms with van der Waals surface area (Å²) >= 11 is 8.93. The lowest BCUT2D eigenvalue weighted by Crippen LogP contribution is -2.25. The minimum atomic E-state index is -0.141. The molecule has 1 aromatic rings. The number of amides is 1. The zero-order valence-corrected chi connectivity index (χ0v) is 9.82. The number of hydrogen-bond donors (Lipinski definition) is 2. The third-order valence-corrected chi connectivity index (χ3v) is 2.26. The SMILES string of the molecule is CNCC(=O)Nc1cc(Cl)cnc1Br. The molecule has 0 saturated heterocycles. The Labute approximate surface area is 95.2 Å². The Morgan fingerprint density at radius 2 is 2.43 bits per heavy atom. The highest BCUT2D eigenvalue weighted by atomic mass is 79.9. The van der Waals surface area contributed by atoms with Crippen LogP contribution in [0.5, 0.6) is 0 Å². The van der Waals surface area contributed by atoms with Crippen molar-refractivity contribution < 1.29 is 4.79 Å². The fraction of sp³-hybridized carbons (Fsp3) is 0.250. The fourth-order valence-electron chi connectivity index (χ4n) is 0.865. The molecule has 1 rings (SSSR count). The van der Waals surface area contributed by atoms with E-state index in [0.29, 0.717) is 15.3 Å². The Morgan fingerprint density at radius 1 is 1.71 bits per heavy atom. The van der Waals surface area contributed by atoms with Gasteiger partial charge in [-0.15, -0.1) is 0 Å². The Kier molecular flexibility index (Phi) is 4.31. The van der Waals surface area contributed by atoms with E-state index in [1.165, 1.54) is 6.20 Å². The molecule has 0 aliphatic rings. The summed E-state index contributed by atoms with van der Waals surface area (Å²) in [5.41, 5.74) is 0.567. The summed E-state index contributed by atoms with van der Waals surface area (Å²) in [6.45, 7) is 0.249. The van der Waals surface area contributed by atoms with Gasteiger partial charge in [0.1, 0.15) is 4.60 Å². The van der Waals surface area contributed by atoms with Gasteiger partial charge < -0.3 is 10.6 Å². The van der Waals surface area contributed by atoms with Gasteiger partial charge in [-0.1, -0.05) is 11.6 Å². The molecule has 4 nitrogen and oxygen atoms in total. The first kappa shape index (κ1) is 11.4. The summed E-state index contributed by atoms with van der Waals surface area (Å²) in [7, 11) is 1.70. The van der Waals surface area contributed by atoms with Crippen LogP contribution in [0.25, 0.3) is 0 Å². The summed E-state index contributed by atoms with van der Waals surface area (Å²) in [5, 5.41) is 5.88. The second-order valence-corrected chi connectivity index (χ2v) is 3.76. The van der Waals surface area contributed by atoms with Gasteiger partial charge in [-0.2, -0.15) is 0 Å². The highest BCUT2D eigenvalue weighted by Crippen LogP contribution is 2.22. The van der Waals surface area contributed by atoms with Crippen LogP contribution >= 0.6 is 27.5 Å². The van der Waals surface area contributed by atoms with E-state index in [-0.39, 0.29) is 12.5 Å². The largest absolute Gasteiger partial charge is 0.323 e. The summed E-state index contributed by atoms with van der Waals surface area (Å²) in [4.78, 5) is 15.2. The van der Waals surface area contributed by atoms with E-state index in [1.54, 1.807) is 13.1 Å². The molecular weight excluding hydrogens is 269 g/mol. The standard InChI is InChI=1S/C8H9BrClN3O/c1-11-4-7(14)13-6-2-5(10)3-12-8(6)9/h2-3,11H,4H2,1H3,(H,13,14). The maximum absolute atomic E-state index is 11.2. The zero-order valence-electron chi connectivity index (χ0n) is 7.47. The Bertz CT molecular complexity index is 345. The molecule has 14 heavy (non-hydrogen) atoms. The minimum Gasteiger partial charge on any atom is -0.323 e. The van der Waals surface area contributed by atoms with Gasteiger partial charge in [0.25, 0.3) is 0 Å². The van der Waals surface area contributed by atoms with E-state index in [4.69, 9.17) is 11.6 Å². The normalized spacial score (nSPS) is 9.93. The van der Waals surface area contributed by atoms with Crippen molar-refractivity contribution in [3.63, 3.8) is 0 Å². The third kappa shape index (κ3) is 3.25. The number of nitrogens with one attached hydrogen (secondary N) is 2. The summed E-state index contributed by atoms with van der Waals surface area (Å²) in [6.07, 6.45) is 1.50. The first-order chi connectivity index (χ1) is 6.63. The van der Waals surface area contributed by atoms with Gasteiger partial charge in [-0.3, -0.25) is 4.79 Å². The molecule has 0 atom stereocenters. The molecule has 0 aliphatic heterocycles. The smallest absolute Gasteiger partial charge is 0.238 e. The Balaban J connectivity index is 2.75. The van der Waals surface area contributed by atoms with Crippen LogP contribution in [0.2, 0.25) is 5.02 Å². The van der Waals surface area contributed by atoms with Crippen LogP contribution in [-0.2, 0) is 4.79 Å². The zero-order chi connectivity index (χ0) is 10.6. The molecule has 0 fully saturated rings. The minimum absolute atomic E-state index is 0.141. The molecule has 6 heteroatoms. The second kappa shape index (κ2) is 5.29. The molecule has 1 amide bonds. The van der Waals surface area contributed by atoms with Crippen molar-refractivity contribution in [3.05, 3.63) is 21.9 Å². The van der Waals surface area contributed by atoms with Gasteiger partial charge in [0.05, 0.1) is 17.3 Å². The first-order valence-electron chi connectivity index (χ1n) is 3.89. The topological polar surface area (TPSA) is 54.0 Å². The maximum Gasteiger partial charge on any atom is 0.238 e. The number of nitrogens with zero attached hydrogens (tertiary/aromatic N) is 1. The lowest BCUT2D eigenvalue weighted by Gasteiger charge is -2.06. The summed E-state index contributed by atoms with van der Waals surface area (Å²) < 4.78 is 0.561. The molecule has 1 heterocycles. The van der Waals surface area contributed by atoms with Crippen LogP contribution in [-0.4, -0.2) is 24.5 Å². The molecule has 0 unspecified atom stereocenters. The number of pyridine rings is 1. The molecule has 2 N–H and O–H groups in total. The number of hydrogen-bond acceptors (Lipinski definition) is 3. The van der Waals surface area contributed by atoms with Crippen LogP contribution in [0.1, 0.15) is 0 Å². The highest BCUT2D eigenvalue weighted by Gasteiger charge is 2.05. The van der Waals surface area contributed by atoms with Crippen LogP contribution in [0.15, 0.2) is 16.9 Å². The second-order valence-electron chi connectivity index (χ2n) is 2.57. The number of aromatic nitrogens is 1. The Morgan fingerprint density at radius 3 is 3.07 bits per heavy atom. The number of halogens is 2. The maximum atomic E-state index is 11.2. The molecule has 0 saturated carbocycles. The van der Waals surface area contributed by atoms with Gasteiger partial charge in [0, 0.05) is 6.20 Å². The van der Waals surface area contributed by atoms with E-state index in [0.717, 1.165) is 0 Å². The fourth-order valence-corrected chi connectivity index (χ4v) is 1.34. The highest BCUT2D eigenvalue weighted by molar-refractivity contribution is 9.10. The van der Waals surface area contributed by atoms with Crippen molar-refractivity contribution >= 4 is 39.1 Å². The van der Waals surface area contributed by atoms with Gasteiger partial charge in [-0.25, -0.2) is 4.98 Å². The van der Waals surface area contributed by atoms with Crippen molar-refractivity contribution in [2.75, 3.05) is 18.9 Å². The van der Waals surface area contributed by atoms with Crippen LogP contribution in [0, 0.1) is 0 Å². The van der Waals surface area contributed by atoms with Gasteiger partial charge in [-0.05, 0) is 29.0 Å². The molecular formula is C8H9BrClN3O. The molecule has 0 aliphatic carbocycles. The van der Waals surface area contributed by atoms with E-state index in [9.17, 15) is 4.79 Å². The first-order valence-corrected chi connectivity index (χ1v) is 5.06. The number of carbonyl (C=O) groups is 1. The van der Waals surface area contributed by atoms with E-state index in [1.807, 2.05) is 0 Å². The molecule has 0 bridgehead atoms. The average Bonchev–Trinajstić information content (AvgIpc) is 2.12. The molecule has 0 aromatic carbocycles. The van der Waals surface area contributed by atoms with E-state index < -0.39 is 0 Å².